The van der Waals surface area contributed by atoms with E-state index in [0.717, 1.165) is 37.3 Å². The molecule has 0 spiro atoms. The molecular formula is C23H23F2N5O4S. The van der Waals surface area contributed by atoms with Gasteiger partial charge in [0.25, 0.3) is 5.91 Å². The number of guanidine groups is 1. The van der Waals surface area contributed by atoms with Gasteiger partial charge in [0.2, 0.25) is 16.0 Å². The Morgan fingerprint density at radius 1 is 1.29 bits per heavy atom. The van der Waals surface area contributed by atoms with Crippen LogP contribution in [0.2, 0.25) is 0 Å². The molecule has 1 aromatic heterocycles. The van der Waals surface area contributed by atoms with Crippen LogP contribution in [0.15, 0.2) is 60.9 Å². The van der Waals surface area contributed by atoms with E-state index in [1.54, 1.807) is 0 Å². The van der Waals surface area contributed by atoms with Gasteiger partial charge in [-0.15, -0.1) is 6.58 Å². The summed E-state index contributed by atoms with van der Waals surface area (Å²) in [6, 6.07) is 4.52. The summed E-state index contributed by atoms with van der Waals surface area (Å²) in [6.07, 6.45) is 5.53. The Hall–Kier alpha value is -3.80. The van der Waals surface area contributed by atoms with Gasteiger partial charge >= 0.3 is 0 Å². The van der Waals surface area contributed by atoms with E-state index in [4.69, 9.17) is 10.5 Å². The normalized spacial score (nSPS) is 21.1. The molecule has 1 atom stereocenters. The number of nitrogens with zero attached hydrogens (tertiary/aromatic N) is 3. The molecule has 2 heterocycles. The van der Waals surface area contributed by atoms with Gasteiger partial charge in [0, 0.05) is 23.5 Å². The maximum Gasteiger partial charge on any atom is 0.277 e. The zero-order valence-corrected chi connectivity index (χ0v) is 19.4. The van der Waals surface area contributed by atoms with Crippen molar-refractivity contribution in [1.29, 1.82) is 0 Å². The molecular weight excluding hydrogens is 480 g/mol. The number of nitrogens with two attached hydrogens (primary N) is 1. The Morgan fingerprint density at radius 2 is 2.03 bits per heavy atom. The van der Waals surface area contributed by atoms with E-state index in [1.165, 1.54) is 18.3 Å². The van der Waals surface area contributed by atoms with E-state index in [2.05, 4.69) is 28.5 Å². The highest BCUT2D eigenvalue weighted by atomic mass is 32.2. The molecule has 0 bridgehead atoms. The second-order valence-electron chi connectivity index (χ2n) is 8.24. The molecule has 1 aliphatic heterocycles. The molecule has 35 heavy (non-hydrogen) atoms. The molecule has 4 rings (SSSR count). The lowest BCUT2D eigenvalue weighted by Gasteiger charge is -2.35. The first-order chi connectivity index (χ1) is 16.6. The van der Waals surface area contributed by atoms with Crippen molar-refractivity contribution >= 4 is 27.6 Å². The summed E-state index contributed by atoms with van der Waals surface area (Å²) in [5.74, 6) is -3.00. The molecule has 1 aromatic carbocycles. The lowest BCUT2D eigenvalue weighted by molar-refractivity contribution is 0.101. The summed E-state index contributed by atoms with van der Waals surface area (Å²) in [5.41, 5.74) is 3.40. The molecule has 0 saturated heterocycles. The van der Waals surface area contributed by atoms with Gasteiger partial charge in [0.05, 0.1) is 12.8 Å². The highest BCUT2D eigenvalue weighted by molar-refractivity contribution is 7.89. The number of benzene rings is 1. The predicted molar refractivity (Wildman–Crippen MR) is 126 cm³/mol. The Morgan fingerprint density at radius 3 is 2.63 bits per heavy atom. The monoisotopic (exact) mass is 503 g/mol. The molecule has 12 heteroatoms. The summed E-state index contributed by atoms with van der Waals surface area (Å²) in [7, 11) is -4.04. The number of aliphatic imine (C=N–C) groups is 1. The maximum atomic E-state index is 14.9. The van der Waals surface area contributed by atoms with Crippen LogP contribution in [0.4, 0.5) is 14.5 Å². The van der Waals surface area contributed by atoms with Crippen molar-refractivity contribution in [3.05, 3.63) is 78.8 Å². The number of carbonyl (C=O) groups excluding carboxylic acids is 1. The minimum atomic E-state index is -4.04. The van der Waals surface area contributed by atoms with Gasteiger partial charge in [-0.2, -0.15) is 0 Å². The van der Waals surface area contributed by atoms with Gasteiger partial charge in [0.15, 0.2) is 11.5 Å². The largest absolute Gasteiger partial charge is 0.492 e. The zero-order valence-electron chi connectivity index (χ0n) is 18.6. The Labute approximate surface area is 201 Å². The van der Waals surface area contributed by atoms with Crippen LogP contribution in [0.3, 0.4) is 0 Å². The van der Waals surface area contributed by atoms with Crippen molar-refractivity contribution in [2.24, 2.45) is 16.6 Å². The van der Waals surface area contributed by atoms with Crippen molar-refractivity contribution in [3.63, 3.8) is 0 Å². The first-order valence-corrected chi connectivity index (χ1v) is 12.2. The van der Waals surface area contributed by atoms with Crippen LogP contribution in [0, 0.1) is 17.6 Å². The third-order valence-electron chi connectivity index (χ3n) is 5.65. The molecule has 2 aliphatic rings. The summed E-state index contributed by atoms with van der Waals surface area (Å²) in [5, 5.41) is 2.44. The summed E-state index contributed by atoms with van der Waals surface area (Å²) >= 11 is 0. The van der Waals surface area contributed by atoms with Gasteiger partial charge in [-0.25, -0.2) is 31.5 Å². The van der Waals surface area contributed by atoms with E-state index in [0.29, 0.717) is 16.8 Å². The minimum Gasteiger partial charge on any atom is -0.492 e. The Kier molecular flexibility index (Phi) is 6.32. The Bertz CT molecular complexity index is 1340. The fraction of sp³-hybridized carbons (Fsp3) is 0.261. The number of hydrogen-bond acceptors (Lipinski definition) is 7. The first-order valence-electron chi connectivity index (χ1n) is 10.6. The van der Waals surface area contributed by atoms with Crippen LogP contribution in [-0.2, 0) is 15.6 Å². The average molecular weight is 504 g/mol. The molecule has 184 valence electrons. The third-order valence-corrected chi connectivity index (χ3v) is 7.39. The number of carbonyl (C=O) groups is 1. The molecule has 1 amide bonds. The average Bonchev–Trinajstić information content (AvgIpc) is 3.62. The first kappa shape index (κ1) is 24.3. The number of anilines is 1. The summed E-state index contributed by atoms with van der Waals surface area (Å²) in [4.78, 5) is 20.7. The van der Waals surface area contributed by atoms with E-state index in [-0.39, 0.29) is 17.0 Å². The van der Waals surface area contributed by atoms with Crippen LogP contribution < -0.4 is 15.8 Å². The zero-order chi connectivity index (χ0) is 25.4. The molecule has 0 radical (unpaired) electrons. The second kappa shape index (κ2) is 9.10. The predicted octanol–water partition coefficient (Wildman–Crippen LogP) is 2.89. The number of amides is 1. The van der Waals surface area contributed by atoms with Crippen LogP contribution in [-0.4, -0.2) is 41.9 Å². The minimum absolute atomic E-state index is 0.0557. The highest BCUT2D eigenvalue weighted by Gasteiger charge is 2.44. The van der Waals surface area contributed by atoms with Gasteiger partial charge in [-0.1, -0.05) is 12.7 Å². The molecule has 1 saturated carbocycles. The molecule has 2 aromatic rings. The number of hydrogen-bond donors (Lipinski definition) is 2. The van der Waals surface area contributed by atoms with Crippen molar-refractivity contribution < 1.29 is 26.7 Å². The topological polar surface area (TPSA) is 127 Å². The van der Waals surface area contributed by atoms with Crippen LogP contribution in [0.1, 0.15) is 28.9 Å². The van der Waals surface area contributed by atoms with Crippen molar-refractivity contribution in [1.82, 2.24) is 9.29 Å². The maximum absolute atomic E-state index is 14.9. The van der Waals surface area contributed by atoms with Crippen molar-refractivity contribution in [2.75, 3.05) is 17.7 Å². The molecule has 9 nitrogen and oxygen atoms in total. The molecule has 1 aliphatic carbocycles. The van der Waals surface area contributed by atoms with Gasteiger partial charge in [-0.3, -0.25) is 4.79 Å². The fourth-order valence-corrected chi connectivity index (χ4v) is 5.21. The Balaban J connectivity index is 1.61. The van der Waals surface area contributed by atoms with E-state index in [1.807, 2.05) is 0 Å². The van der Waals surface area contributed by atoms with E-state index >= 15 is 0 Å². The number of ether oxygens (including phenoxy) is 1. The van der Waals surface area contributed by atoms with E-state index < -0.39 is 50.5 Å². The van der Waals surface area contributed by atoms with Crippen LogP contribution >= 0.6 is 0 Å². The highest BCUT2D eigenvalue weighted by Crippen LogP contribution is 2.36. The summed E-state index contributed by atoms with van der Waals surface area (Å²) < 4.78 is 60.9. The standard InChI is InChI=1S/C23H23F2N5O4S/c1-3-23(13-35(32,33)30(4-2)22(26)29-23)17-9-15(7-8-18(17)24)28-21(31)20-19(25)10-16(11-27-20)34-12-14-5-6-14/h3-4,7-11,14H,1-2,5-6,12-13H2,(H2,26,29)(H,28,31)/t23-/m0/s1. The quantitative estimate of drug-likeness (QED) is 0.534. The van der Waals surface area contributed by atoms with Gasteiger partial charge in [0.1, 0.15) is 22.9 Å². The fourth-order valence-electron chi connectivity index (χ4n) is 3.63. The molecule has 1 fully saturated rings. The number of halogens is 2. The smallest absolute Gasteiger partial charge is 0.277 e. The molecule has 3 N–H and O–H groups in total. The van der Waals surface area contributed by atoms with Gasteiger partial charge < -0.3 is 15.8 Å². The van der Waals surface area contributed by atoms with E-state index in [9.17, 15) is 22.0 Å². The number of rotatable bonds is 8. The lowest BCUT2D eigenvalue weighted by Crippen LogP contribution is -2.50. The molecule has 0 unspecified atom stereocenters. The second-order valence-corrected chi connectivity index (χ2v) is 10.1. The number of nitrogens with one attached hydrogen (secondary N) is 1. The SMILES string of the molecule is C=CN1C(N)=N[C@](C=C)(c2cc(NC(=O)c3ncc(OCC4CC4)cc3F)ccc2F)CS1(=O)=O. The number of sulfonamides is 1. The number of pyridine rings is 1. The van der Waals surface area contributed by atoms with Crippen molar-refractivity contribution in [2.45, 2.75) is 18.4 Å². The lowest BCUT2D eigenvalue weighted by atomic mass is 9.91. The van der Waals surface area contributed by atoms with Gasteiger partial charge in [-0.05, 0) is 37.0 Å². The third kappa shape index (κ3) is 4.87. The van der Waals surface area contributed by atoms with Crippen molar-refractivity contribution in [3.8, 4) is 5.75 Å². The van der Waals surface area contributed by atoms with Crippen LogP contribution in [0.25, 0.3) is 0 Å². The van der Waals surface area contributed by atoms with Crippen LogP contribution in [0.5, 0.6) is 5.75 Å². The summed E-state index contributed by atoms with van der Waals surface area (Å²) in [6.45, 7) is 7.47. The number of aromatic nitrogens is 1.